The first kappa shape index (κ1) is 14.9. The van der Waals surface area contributed by atoms with E-state index in [9.17, 15) is 4.79 Å². The molecule has 2 rings (SSSR count). The number of methoxy groups -OCH3 is 2. The number of hydrogen-bond donors (Lipinski definition) is 2. The van der Waals surface area contributed by atoms with Crippen molar-refractivity contribution in [3.8, 4) is 11.5 Å². The molecule has 0 heterocycles. The fraction of sp³-hybridized carbons (Fsp3) is 0.188. The summed E-state index contributed by atoms with van der Waals surface area (Å²) in [5.41, 5.74) is 1.89. The van der Waals surface area contributed by atoms with Crippen LogP contribution in [0.1, 0.15) is 15.9 Å². The molecule has 5 heteroatoms. The SMILES string of the molecule is COc1ccc(NC(=O)c2ccc(CO)cc2)cc1OC. The van der Waals surface area contributed by atoms with Crippen LogP contribution in [0.4, 0.5) is 5.69 Å². The minimum absolute atomic E-state index is 0.0441. The molecule has 2 aromatic carbocycles. The predicted octanol–water partition coefficient (Wildman–Crippen LogP) is 2.45. The van der Waals surface area contributed by atoms with Gasteiger partial charge in [0.1, 0.15) is 0 Å². The minimum Gasteiger partial charge on any atom is -0.493 e. The maximum atomic E-state index is 12.1. The van der Waals surface area contributed by atoms with Gasteiger partial charge in [-0.2, -0.15) is 0 Å². The molecule has 2 N–H and O–H groups in total. The van der Waals surface area contributed by atoms with E-state index in [1.54, 1.807) is 49.6 Å². The van der Waals surface area contributed by atoms with Crippen LogP contribution in [-0.4, -0.2) is 25.2 Å². The third kappa shape index (κ3) is 3.52. The number of benzene rings is 2. The van der Waals surface area contributed by atoms with Crippen LogP contribution in [0.3, 0.4) is 0 Å². The summed E-state index contributed by atoms with van der Waals surface area (Å²) in [4.78, 5) is 12.1. The summed E-state index contributed by atoms with van der Waals surface area (Å²) in [6, 6.07) is 11.9. The average molecular weight is 287 g/mol. The largest absolute Gasteiger partial charge is 0.493 e. The molecule has 0 saturated heterocycles. The lowest BCUT2D eigenvalue weighted by atomic mass is 10.1. The number of amides is 1. The summed E-state index contributed by atoms with van der Waals surface area (Å²) in [5.74, 6) is 0.917. The molecule has 0 spiro atoms. The van der Waals surface area contributed by atoms with E-state index in [2.05, 4.69) is 5.32 Å². The van der Waals surface area contributed by atoms with Crippen LogP contribution in [0.15, 0.2) is 42.5 Å². The third-order valence-corrected chi connectivity index (χ3v) is 3.04. The molecule has 0 atom stereocenters. The van der Waals surface area contributed by atoms with Crippen LogP contribution in [0, 0.1) is 0 Å². The molecule has 0 aliphatic heterocycles. The number of aliphatic hydroxyl groups excluding tert-OH is 1. The first-order chi connectivity index (χ1) is 10.2. The van der Waals surface area contributed by atoms with Crippen LogP contribution < -0.4 is 14.8 Å². The van der Waals surface area contributed by atoms with Gasteiger partial charge in [-0.3, -0.25) is 4.79 Å². The van der Waals surface area contributed by atoms with Crippen LogP contribution in [-0.2, 0) is 6.61 Å². The standard InChI is InChI=1S/C16H17NO4/c1-20-14-8-7-13(9-15(14)21-2)17-16(19)12-5-3-11(10-18)4-6-12/h3-9,18H,10H2,1-2H3,(H,17,19). The van der Waals surface area contributed by atoms with Crippen molar-refractivity contribution in [1.29, 1.82) is 0 Å². The molecular weight excluding hydrogens is 270 g/mol. The molecule has 110 valence electrons. The molecule has 2 aromatic rings. The number of carbonyl (C=O) groups is 1. The summed E-state index contributed by atoms with van der Waals surface area (Å²) >= 11 is 0. The molecule has 5 nitrogen and oxygen atoms in total. The highest BCUT2D eigenvalue weighted by atomic mass is 16.5. The van der Waals surface area contributed by atoms with Gasteiger partial charge in [0.05, 0.1) is 20.8 Å². The summed E-state index contributed by atoms with van der Waals surface area (Å²) in [7, 11) is 3.09. The maximum absolute atomic E-state index is 12.1. The van der Waals surface area contributed by atoms with E-state index in [4.69, 9.17) is 14.6 Å². The van der Waals surface area contributed by atoms with Crippen molar-refractivity contribution in [1.82, 2.24) is 0 Å². The lowest BCUT2D eigenvalue weighted by molar-refractivity contribution is 0.102. The Morgan fingerprint density at radius 1 is 1.05 bits per heavy atom. The van der Waals surface area contributed by atoms with Crippen molar-refractivity contribution in [3.63, 3.8) is 0 Å². The Kier molecular flexibility index (Phi) is 4.79. The Morgan fingerprint density at radius 2 is 1.71 bits per heavy atom. The zero-order valence-electron chi connectivity index (χ0n) is 11.9. The molecule has 0 bridgehead atoms. The summed E-state index contributed by atoms with van der Waals surface area (Å²) < 4.78 is 10.3. The number of anilines is 1. The molecule has 0 aliphatic rings. The fourth-order valence-corrected chi connectivity index (χ4v) is 1.88. The summed E-state index contributed by atoms with van der Waals surface area (Å²) in [5, 5.41) is 11.8. The predicted molar refractivity (Wildman–Crippen MR) is 79.9 cm³/mol. The molecule has 0 unspecified atom stereocenters. The van der Waals surface area contributed by atoms with Gasteiger partial charge in [-0.05, 0) is 29.8 Å². The van der Waals surface area contributed by atoms with Crippen LogP contribution >= 0.6 is 0 Å². The molecule has 0 aromatic heterocycles. The smallest absolute Gasteiger partial charge is 0.255 e. The van der Waals surface area contributed by atoms with Crippen LogP contribution in [0.25, 0.3) is 0 Å². The second-order valence-corrected chi connectivity index (χ2v) is 4.38. The highest BCUT2D eigenvalue weighted by Crippen LogP contribution is 2.29. The van der Waals surface area contributed by atoms with Crippen molar-refractivity contribution in [3.05, 3.63) is 53.6 Å². The zero-order chi connectivity index (χ0) is 15.2. The average Bonchev–Trinajstić information content (AvgIpc) is 2.54. The van der Waals surface area contributed by atoms with Crippen molar-refractivity contribution in [2.45, 2.75) is 6.61 Å². The summed E-state index contributed by atoms with van der Waals surface area (Å²) in [6.45, 7) is -0.0441. The van der Waals surface area contributed by atoms with Crippen molar-refractivity contribution >= 4 is 11.6 Å². The molecule has 0 fully saturated rings. The maximum Gasteiger partial charge on any atom is 0.255 e. The quantitative estimate of drug-likeness (QED) is 0.886. The van der Waals surface area contributed by atoms with Gasteiger partial charge in [-0.15, -0.1) is 0 Å². The van der Waals surface area contributed by atoms with Gasteiger partial charge in [0.2, 0.25) is 0 Å². The van der Waals surface area contributed by atoms with E-state index >= 15 is 0 Å². The fourth-order valence-electron chi connectivity index (χ4n) is 1.88. The van der Waals surface area contributed by atoms with Crippen molar-refractivity contribution in [2.75, 3.05) is 19.5 Å². The van der Waals surface area contributed by atoms with Gasteiger partial charge in [0, 0.05) is 17.3 Å². The molecule has 0 radical (unpaired) electrons. The Balaban J connectivity index is 2.14. The van der Waals surface area contributed by atoms with Crippen LogP contribution in [0.5, 0.6) is 11.5 Å². The topological polar surface area (TPSA) is 67.8 Å². The van der Waals surface area contributed by atoms with Gasteiger partial charge in [-0.25, -0.2) is 0 Å². The highest BCUT2D eigenvalue weighted by molar-refractivity contribution is 6.04. The van der Waals surface area contributed by atoms with Gasteiger partial charge in [-0.1, -0.05) is 12.1 Å². The van der Waals surface area contributed by atoms with Gasteiger partial charge >= 0.3 is 0 Å². The molecule has 0 aliphatic carbocycles. The Hall–Kier alpha value is -2.53. The normalized spacial score (nSPS) is 10.0. The van der Waals surface area contributed by atoms with Gasteiger partial charge in [0.15, 0.2) is 11.5 Å². The van der Waals surface area contributed by atoms with Crippen molar-refractivity contribution < 1.29 is 19.4 Å². The number of nitrogens with one attached hydrogen (secondary N) is 1. The van der Waals surface area contributed by atoms with E-state index in [1.165, 1.54) is 7.11 Å². The van der Waals surface area contributed by atoms with Crippen LogP contribution in [0.2, 0.25) is 0 Å². The Bertz CT molecular complexity index is 623. The lowest BCUT2D eigenvalue weighted by Gasteiger charge is -2.10. The number of rotatable bonds is 5. The van der Waals surface area contributed by atoms with E-state index in [-0.39, 0.29) is 12.5 Å². The van der Waals surface area contributed by atoms with E-state index in [0.29, 0.717) is 22.7 Å². The Labute approximate surface area is 123 Å². The zero-order valence-corrected chi connectivity index (χ0v) is 11.9. The molecular formula is C16H17NO4. The lowest BCUT2D eigenvalue weighted by Crippen LogP contribution is -2.12. The van der Waals surface area contributed by atoms with Gasteiger partial charge < -0.3 is 19.9 Å². The minimum atomic E-state index is -0.230. The second-order valence-electron chi connectivity index (χ2n) is 4.38. The van der Waals surface area contributed by atoms with Gasteiger partial charge in [0.25, 0.3) is 5.91 Å². The molecule has 1 amide bonds. The third-order valence-electron chi connectivity index (χ3n) is 3.04. The molecule has 0 saturated carbocycles. The highest BCUT2D eigenvalue weighted by Gasteiger charge is 2.09. The number of aliphatic hydroxyl groups is 1. The van der Waals surface area contributed by atoms with Crippen molar-refractivity contribution in [2.24, 2.45) is 0 Å². The van der Waals surface area contributed by atoms with E-state index in [1.807, 2.05) is 0 Å². The Morgan fingerprint density at radius 3 is 2.29 bits per heavy atom. The van der Waals surface area contributed by atoms with E-state index in [0.717, 1.165) is 5.56 Å². The first-order valence-electron chi connectivity index (χ1n) is 6.41. The number of hydrogen-bond acceptors (Lipinski definition) is 4. The molecule has 21 heavy (non-hydrogen) atoms. The number of carbonyl (C=O) groups excluding carboxylic acids is 1. The monoisotopic (exact) mass is 287 g/mol. The number of ether oxygens (including phenoxy) is 2. The summed E-state index contributed by atoms with van der Waals surface area (Å²) in [6.07, 6.45) is 0. The van der Waals surface area contributed by atoms with E-state index < -0.39 is 0 Å². The second kappa shape index (κ2) is 6.76. The first-order valence-corrected chi connectivity index (χ1v) is 6.41.